The molecule has 9 nitrogen and oxygen atoms in total. The van der Waals surface area contributed by atoms with Gasteiger partial charge in [-0.05, 0) is 74.7 Å². The van der Waals surface area contributed by atoms with Gasteiger partial charge >= 0.3 is 10.1 Å². The Kier molecular flexibility index (Phi) is 11.3. The minimum Gasteiger partial charge on any atom is -0.334 e. The lowest BCUT2D eigenvalue weighted by Gasteiger charge is -2.31. The van der Waals surface area contributed by atoms with Gasteiger partial charge in [-0.25, -0.2) is 0 Å². The summed E-state index contributed by atoms with van der Waals surface area (Å²) in [7, 11) is -7.86. The molecule has 270 valence electrons. The van der Waals surface area contributed by atoms with Crippen LogP contribution in [-0.4, -0.2) is 63.7 Å². The number of hydroxylamine groups is 3. The number of anilines is 1. The fourth-order valence-electron chi connectivity index (χ4n) is 6.75. The zero-order valence-corrected chi connectivity index (χ0v) is 32.7. The molecule has 0 spiro atoms. The lowest BCUT2D eigenvalue weighted by Crippen LogP contribution is -2.49. The predicted molar refractivity (Wildman–Crippen MR) is 211 cm³/mol. The lowest BCUT2D eigenvalue weighted by molar-refractivity contribution is -1.08. The summed E-state index contributed by atoms with van der Waals surface area (Å²) in [5.74, 6) is -0.405. The molecule has 0 radical (unpaired) electrons. The van der Waals surface area contributed by atoms with Crippen LogP contribution in [0.2, 0.25) is 0 Å². The molecule has 0 saturated carbocycles. The van der Waals surface area contributed by atoms with E-state index < -0.39 is 20.2 Å². The van der Waals surface area contributed by atoms with Crippen LogP contribution in [0.3, 0.4) is 0 Å². The van der Waals surface area contributed by atoms with E-state index >= 15 is 0 Å². The lowest BCUT2D eigenvalue weighted by atomic mass is 10.1. The Bertz CT molecular complexity index is 2360. The minimum absolute atomic E-state index is 0.0772. The van der Waals surface area contributed by atoms with E-state index in [-0.39, 0.29) is 22.6 Å². The van der Waals surface area contributed by atoms with E-state index in [1.54, 1.807) is 23.1 Å². The van der Waals surface area contributed by atoms with Crippen molar-refractivity contribution < 1.29 is 34.9 Å². The van der Waals surface area contributed by atoms with Crippen LogP contribution in [0, 0.1) is 0 Å². The van der Waals surface area contributed by atoms with Gasteiger partial charge in [-0.3, -0.25) is 4.55 Å². The fourth-order valence-corrected chi connectivity index (χ4v) is 11.0. The first-order valence-electron chi connectivity index (χ1n) is 17.3. The average molecular weight is 768 g/mol. The average Bonchev–Trinajstić information content (AvgIpc) is 3.63. The standard InChI is InChI=1S/C38H44N3O6S4/c1-5-41(6-2,7-3)47-51(45,46)25-13-23-40-36(49-34-21-19-30-15-9-11-17-32(30)38(34)40)27-28(4)26-35-39(22-12-24-50(42,43)44)37-31-16-10-8-14-29(31)18-20-33(37)48-35/h8-11,14-21,26-27H,5-7,12-13,22-25H2,1-4H3/q+1/p+1. The second kappa shape index (κ2) is 15.4. The van der Waals surface area contributed by atoms with Crippen molar-refractivity contribution in [2.75, 3.05) is 42.6 Å². The molecule has 1 aliphatic rings. The number of benzene rings is 4. The highest BCUT2D eigenvalue weighted by Crippen LogP contribution is 2.50. The molecule has 5 aromatic rings. The molecule has 2 heterocycles. The van der Waals surface area contributed by atoms with Gasteiger partial charge in [0, 0.05) is 29.3 Å². The quantitative estimate of drug-likeness (QED) is 0.0493. The van der Waals surface area contributed by atoms with Crippen LogP contribution in [0.15, 0.2) is 94.4 Å². The van der Waals surface area contributed by atoms with Crippen LogP contribution >= 0.6 is 23.1 Å². The predicted octanol–water partition coefficient (Wildman–Crippen LogP) is 8.16. The fraction of sp³-hybridized carbons (Fsp3) is 0.342. The molecular weight excluding hydrogens is 723 g/mol. The van der Waals surface area contributed by atoms with E-state index in [9.17, 15) is 21.4 Å². The van der Waals surface area contributed by atoms with Crippen LogP contribution in [0.4, 0.5) is 5.69 Å². The van der Waals surface area contributed by atoms with E-state index in [0.717, 1.165) is 58.0 Å². The van der Waals surface area contributed by atoms with Crippen molar-refractivity contribution in [1.29, 1.82) is 0 Å². The van der Waals surface area contributed by atoms with Crippen LogP contribution in [0.1, 0.15) is 45.5 Å². The third-order valence-electron chi connectivity index (χ3n) is 9.49. The van der Waals surface area contributed by atoms with Crippen LogP contribution in [0.5, 0.6) is 0 Å². The first-order valence-corrected chi connectivity index (χ1v) is 22.1. The molecule has 0 aliphatic carbocycles. The maximum absolute atomic E-state index is 13.2. The van der Waals surface area contributed by atoms with E-state index in [2.05, 4.69) is 70.1 Å². The number of nitrogens with zero attached hydrogens (tertiary/aromatic N) is 3. The molecule has 4 aromatic carbocycles. The van der Waals surface area contributed by atoms with E-state index in [4.69, 9.17) is 4.28 Å². The van der Waals surface area contributed by atoms with Gasteiger partial charge in [0.2, 0.25) is 5.52 Å². The number of aromatic nitrogens is 1. The minimum atomic E-state index is -4.09. The molecule has 1 aliphatic heterocycles. The van der Waals surface area contributed by atoms with Crippen molar-refractivity contribution in [3.05, 3.63) is 94.5 Å². The molecule has 0 bridgehead atoms. The number of thiazole rings is 1. The molecule has 6 rings (SSSR count). The summed E-state index contributed by atoms with van der Waals surface area (Å²) in [4.78, 5) is 3.34. The number of hydrogen-bond donors (Lipinski definition) is 1. The molecule has 0 saturated heterocycles. The van der Waals surface area contributed by atoms with Crippen LogP contribution in [-0.2, 0) is 31.1 Å². The molecule has 51 heavy (non-hydrogen) atoms. The number of hydrogen-bond acceptors (Lipinski definition) is 8. The Morgan fingerprint density at radius 3 is 2.20 bits per heavy atom. The molecule has 1 aromatic heterocycles. The van der Waals surface area contributed by atoms with Crippen molar-refractivity contribution in [3.63, 3.8) is 0 Å². The Labute approximate surface area is 309 Å². The molecule has 0 atom stereocenters. The Morgan fingerprint density at radius 1 is 0.863 bits per heavy atom. The van der Waals surface area contributed by atoms with E-state index in [1.807, 2.05) is 52.0 Å². The molecule has 0 unspecified atom stereocenters. The van der Waals surface area contributed by atoms with Crippen molar-refractivity contribution in [3.8, 4) is 0 Å². The number of fused-ring (bicyclic) bond motifs is 6. The largest absolute Gasteiger partial charge is 0.334 e. The second-order valence-electron chi connectivity index (χ2n) is 12.8. The Balaban J connectivity index is 1.36. The molecule has 0 amide bonds. The van der Waals surface area contributed by atoms with Crippen molar-refractivity contribution in [1.82, 2.24) is 0 Å². The normalized spacial score (nSPS) is 15.1. The Hall–Kier alpha value is -3.30. The van der Waals surface area contributed by atoms with Gasteiger partial charge in [-0.1, -0.05) is 82.0 Å². The van der Waals surface area contributed by atoms with Crippen LogP contribution in [0.25, 0.3) is 37.8 Å². The maximum atomic E-state index is 13.2. The second-order valence-corrected chi connectivity index (χ2v) is 18.2. The van der Waals surface area contributed by atoms with Crippen molar-refractivity contribution >= 4 is 86.9 Å². The summed E-state index contributed by atoms with van der Waals surface area (Å²) in [6.07, 6.45) is 4.92. The zero-order chi connectivity index (χ0) is 36.4. The molecular formula is C38H45N3O6S4+2. The first-order chi connectivity index (χ1) is 24.4. The molecule has 13 heteroatoms. The van der Waals surface area contributed by atoms with Gasteiger partial charge in [-0.2, -0.15) is 26.0 Å². The molecule has 1 N–H and O–H groups in total. The topological polar surface area (TPSA) is 105 Å². The van der Waals surface area contributed by atoms with Crippen LogP contribution < -0.4 is 9.47 Å². The SMILES string of the molecule is CC[N+](CC)(CC)OS(=O)(=O)CCCN1/C(=C/C(C)=C/c2sc3ccc4ccccc4c3[n+]2CCCS(=O)(=O)O)Sc2ccc3ccccc3c21. The summed E-state index contributed by atoms with van der Waals surface area (Å²) >= 11 is 3.31. The smallest absolute Gasteiger partial charge is 0.314 e. The highest BCUT2D eigenvalue weighted by atomic mass is 32.2. The summed E-state index contributed by atoms with van der Waals surface area (Å²) in [6, 6.07) is 24.9. The summed E-state index contributed by atoms with van der Waals surface area (Å²) in [5, 5.41) is 6.37. The van der Waals surface area contributed by atoms with Crippen molar-refractivity contribution in [2.45, 2.75) is 52.0 Å². The maximum Gasteiger partial charge on any atom is 0.314 e. The van der Waals surface area contributed by atoms with Gasteiger partial charge in [-0.15, -0.1) is 0 Å². The number of thioether (sulfide) groups is 1. The molecule has 0 fully saturated rings. The van der Waals surface area contributed by atoms with Gasteiger partial charge in [0.1, 0.15) is 24.3 Å². The third-order valence-corrected chi connectivity index (χ3v) is 13.8. The van der Waals surface area contributed by atoms with Gasteiger partial charge in [0.05, 0.1) is 27.6 Å². The number of quaternary nitrogens is 1. The van der Waals surface area contributed by atoms with Gasteiger partial charge in [0.15, 0.2) is 6.54 Å². The van der Waals surface area contributed by atoms with Crippen molar-refractivity contribution in [2.24, 2.45) is 0 Å². The summed E-state index contributed by atoms with van der Waals surface area (Å²) in [6.45, 7) is 10.5. The monoisotopic (exact) mass is 767 g/mol. The number of aryl methyl sites for hydroxylation is 1. The zero-order valence-electron chi connectivity index (χ0n) is 29.4. The van der Waals surface area contributed by atoms with Gasteiger partial charge in [0.25, 0.3) is 15.1 Å². The van der Waals surface area contributed by atoms with E-state index in [1.165, 1.54) is 0 Å². The van der Waals surface area contributed by atoms with E-state index in [0.29, 0.717) is 39.1 Å². The highest BCUT2D eigenvalue weighted by Gasteiger charge is 2.33. The number of allylic oxidation sites excluding steroid dienone is 2. The third kappa shape index (κ3) is 8.35. The first kappa shape index (κ1) is 37.5. The number of rotatable bonds is 15. The van der Waals surface area contributed by atoms with Gasteiger partial charge < -0.3 is 4.90 Å². The summed E-state index contributed by atoms with van der Waals surface area (Å²) < 4.78 is 68.2. The summed E-state index contributed by atoms with van der Waals surface area (Å²) in [5.41, 5.74) is 3.10. The highest BCUT2D eigenvalue weighted by molar-refractivity contribution is 8.03. The Morgan fingerprint density at radius 2 is 1.51 bits per heavy atom.